The van der Waals surface area contributed by atoms with Crippen LogP contribution in [-0.4, -0.2) is 49.4 Å². The van der Waals surface area contributed by atoms with Gasteiger partial charge in [0.1, 0.15) is 21.7 Å². The molecule has 0 spiro atoms. The minimum absolute atomic E-state index is 0.175. The van der Waals surface area contributed by atoms with Crippen molar-refractivity contribution in [2.45, 2.75) is 33.4 Å². The molecular formula is C23H26N6O5S. The number of thiophene rings is 1. The van der Waals surface area contributed by atoms with Crippen LogP contribution in [0.15, 0.2) is 46.2 Å². The molecule has 4 aromatic rings. The number of carbonyl (C=O) groups excluding carboxylic acids is 1. The number of aliphatic hydroxyl groups excluding tert-OH is 1. The maximum absolute atomic E-state index is 13.7. The fourth-order valence-corrected chi connectivity index (χ4v) is 5.16. The molecule has 35 heavy (non-hydrogen) atoms. The fraction of sp³-hybridized carbons (Fsp3) is 0.348. The summed E-state index contributed by atoms with van der Waals surface area (Å²) in [5.41, 5.74) is -0.321. The van der Waals surface area contributed by atoms with Crippen LogP contribution in [0.2, 0.25) is 0 Å². The molecule has 4 rings (SSSR count). The number of amides is 1. The van der Waals surface area contributed by atoms with Gasteiger partial charge in [0.2, 0.25) is 5.91 Å². The van der Waals surface area contributed by atoms with Crippen LogP contribution >= 0.6 is 11.3 Å². The minimum atomic E-state index is -1.13. The quantitative estimate of drug-likeness (QED) is 0.410. The SMILES string of the molecule is COc1ccccc1C(O)Cn1c(=O)n(N(C)C(=O)C(C)C)c(=O)c2c(C)c(-n3nccn3)sc21. The second-order valence-corrected chi connectivity index (χ2v) is 9.29. The molecule has 1 amide bonds. The lowest BCUT2D eigenvalue weighted by atomic mass is 10.1. The van der Waals surface area contributed by atoms with E-state index >= 15 is 0 Å². The Morgan fingerprint density at radius 3 is 2.49 bits per heavy atom. The Bertz CT molecular complexity index is 1500. The largest absolute Gasteiger partial charge is 0.496 e. The summed E-state index contributed by atoms with van der Waals surface area (Å²) in [6.45, 7) is 4.93. The van der Waals surface area contributed by atoms with Gasteiger partial charge in [-0.25, -0.2) is 9.80 Å². The van der Waals surface area contributed by atoms with Gasteiger partial charge in [-0.15, -0.1) is 4.80 Å². The number of para-hydroxylation sites is 1. The van der Waals surface area contributed by atoms with Crippen molar-refractivity contribution in [3.8, 4) is 10.8 Å². The van der Waals surface area contributed by atoms with Crippen molar-refractivity contribution in [3.05, 3.63) is 68.6 Å². The summed E-state index contributed by atoms with van der Waals surface area (Å²) in [6.07, 6.45) is 1.89. The molecule has 0 aliphatic rings. The highest BCUT2D eigenvalue weighted by molar-refractivity contribution is 7.21. The minimum Gasteiger partial charge on any atom is -0.496 e. The molecule has 1 atom stereocenters. The molecule has 1 N–H and O–H groups in total. The van der Waals surface area contributed by atoms with Gasteiger partial charge in [-0.2, -0.15) is 14.9 Å². The zero-order valence-electron chi connectivity index (χ0n) is 20.0. The molecule has 0 radical (unpaired) electrons. The van der Waals surface area contributed by atoms with Crippen molar-refractivity contribution in [1.82, 2.24) is 24.2 Å². The zero-order chi connectivity index (χ0) is 25.4. The number of aromatic nitrogens is 5. The maximum atomic E-state index is 13.7. The molecule has 0 saturated heterocycles. The van der Waals surface area contributed by atoms with Gasteiger partial charge >= 0.3 is 5.69 Å². The zero-order valence-corrected chi connectivity index (χ0v) is 20.8. The van der Waals surface area contributed by atoms with E-state index in [9.17, 15) is 19.5 Å². The Morgan fingerprint density at radius 1 is 1.20 bits per heavy atom. The monoisotopic (exact) mass is 498 g/mol. The number of rotatable bonds is 7. The van der Waals surface area contributed by atoms with Crippen molar-refractivity contribution in [2.24, 2.45) is 5.92 Å². The van der Waals surface area contributed by atoms with Gasteiger partial charge in [-0.1, -0.05) is 43.4 Å². The van der Waals surface area contributed by atoms with Crippen LogP contribution in [0.25, 0.3) is 15.2 Å². The van der Waals surface area contributed by atoms with Gasteiger partial charge in [0, 0.05) is 24.1 Å². The van der Waals surface area contributed by atoms with E-state index in [4.69, 9.17) is 4.74 Å². The van der Waals surface area contributed by atoms with Crippen molar-refractivity contribution in [2.75, 3.05) is 19.2 Å². The van der Waals surface area contributed by atoms with Gasteiger partial charge < -0.3 is 9.84 Å². The van der Waals surface area contributed by atoms with Crippen molar-refractivity contribution in [3.63, 3.8) is 0 Å². The summed E-state index contributed by atoms with van der Waals surface area (Å²) in [7, 11) is 2.88. The van der Waals surface area contributed by atoms with Gasteiger partial charge in [0.05, 0.1) is 31.4 Å². The van der Waals surface area contributed by atoms with E-state index in [1.807, 2.05) is 0 Å². The Kier molecular flexibility index (Phi) is 6.59. The Morgan fingerprint density at radius 2 is 1.86 bits per heavy atom. The van der Waals surface area contributed by atoms with E-state index in [0.717, 1.165) is 21.0 Å². The first-order chi connectivity index (χ1) is 16.7. The molecule has 1 aromatic carbocycles. The van der Waals surface area contributed by atoms with E-state index in [1.54, 1.807) is 45.0 Å². The van der Waals surface area contributed by atoms with E-state index in [2.05, 4.69) is 10.2 Å². The summed E-state index contributed by atoms with van der Waals surface area (Å²) in [4.78, 5) is 41.7. The van der Waals surface area contributed by atoms with E-state index < -0.39 is 29.2 Å². The van der Waals surface area contributed by atoms with E-state index in [0.29, 0.717) is 26.7 Å². The molecule has 1 unspecified atom stereocenters. The van der Waals surface area contributed by atoms with Crippen molar-refractivity contribution in [1.29, 1.82) is 0 Å². The molecular weight excluding hydrogens is 472 g/mol. The van der Waals surface area contributed by atoms with Crippen molar-refractivity contribution < 1.29 is 14.6 Å². The number of hydrogen-bond donors (Lipinski definition) is 1. The number of benzene rings is 1. The molecule has 0 bridgehead atoms. The third-order valence-electron chi connectivity index (χ3n) is 5.73. The standard InChI is InChI=1S/C23H26N6O5S/c1-13(2)19(31)26(4)28-20(32)18-14(3)21(29-24-10-11-25-29)35-22(18)27(23(28)33)12-16(30)15-8-6-7-9-17(15)34-5/h6-11,13,16,30H,12H2,1-5H3. The highest BCUT2D eigenvalue weighted by Gasteiger charge is 2.27. The number of carbonyl (C=O) groups is 1. The molecule has 0 aliphatic heterocycles. The van der Waals surface area contributed by atoms with Crippen LogP contribution in [0, 0.1) is 12.8 Å². The normalized spacial score (nSPS) is 12.3. The molecule has 0 aliphatic carbocycles. The predicted octanol–water partition coefficient (Wildman–Crippen LogP) is 1.61. The summed E-state index contributed by atoms with van der Waals surface area (Å²) < 4.78 is 7.49. The Hall–Kier alpha value is -3.77. The first-order valence-corrected chi connectivity index (χ1v) is 11.7. The number of aliphatic hydroxyl groups is 1. The van der Waals surface area contributed by atoms with E-state index in [-0.39, 0.29) is 11.9 Å². The van der Waals surface area contributed by atoms with Crippen LogP contribution in [-0.2, 0) is 11.3 Å². The van der Waals surface area contributed by atoms with Gasteiger partial charge in [0.15, 0.2) is 0 Å². The lowest BCUT2D eigenvalue weighted by molar-refractivity contribution is -0.122. The van der Waals surface area contributed by atoms with Crippen LogP contribution in [0.1, 0.15) is 31.1 Å². The summed E-state index contributed by atoms with van der Waals surface area (Å²) in [5, 5.41) is 21.2. The molecule has 184 valence electrons. The highest BCUT2D eigenvalue weighted by Crippen LogP contribution is 2.32. The number of fused-ring (bicyclic) bond motifs is 1. The molecule has 3 heterocycles. The van der Waals surface area contributed by atoms with E-state index in [1.165, 1.54) is 35.9 Å². The molecule has 0 saturated carbocycles. The summed E-state index contributed by atoms with van der Waals surface area (Å²) in [5.74, 6) is -0.377. The summed E-state index contributed by atoms with van der Waals surface area (Å²) >= 11 is 1.16. The maximum Gasteiger partial charge on any atom is 0.351 e. The highest BCUT2D eigenvalue weighted by atomic mass is 32.1. The number of hydrogen-bond acceptors (Lipinski definition) is 8. The average molecular weight is 499 g/mol. The summed E-state index contributed by atoms with van der Waals surface area (Å²) in [6, 6.07) is 6.95. The fourth-order valence-electron chi connectivity index (χ4n) is 3.94. The van der Waals surface area contributed by atoms with Crippen LogP contribution < -0.4 is 21.0 Å². The molecule has 0 fully saturated rings. The second-order valence-electron chi connectivity index (χ2n) is 8.32. The average Bonchev–Trinajstić information content (AvgIpc) is 3.49. The lowest BCUT2D eigenvalue weighted by Crippen LogP contribution is -2.54. The Labute approximate surface area is 204 Å². The van der Waals surface area contributed by atoms with Gasteiger partial charge in [-0.05, 0) is 13.0 Å². The predicted molar refractivity (Wildman–Crippen MR) is 132 cm³/mol. The second kappa shape index (κ2) is 9.47. The van der Waals surface area contributed by atoms with Crippen molar-refractivity contribution >= 4 is 27.5 Å². The van der Waals surface area contributed by atoms with Crippen LogP contribution in [0.5, 0.6) is 5.75 Å². The molecule has 11 nitrogen and oxygen atoms in total. The topological polar surface area (TPSA) is 124 Å². The van der Waals surface area contributed by atoms with Crippen LogP contribution in [0.3, 0.4) is 0 Å². The third kappa shape index (κ3) is 4.15. The number of aryl methyl sites for hydroxylation is 1. The first-order valence-electron chi connectivity index (χ1n) is 10.9. The van der Waals surface area contributed by atoms with Gasteiger partial charge in [-0.3, -0.25) is 14.2 Å². The molecule has 3 aromatic heterocycles. The number of ether oxygens (including phenoxy) is 1. The number of nitrogens with zero attached hydrogens (tertiary/aromatic N) is 6. The number of methoxy groups -OCH3 is 1. The lowest BCUT2D eigenvalue weighted by Gasteiger charge is -2.23. The Balaban J connectivity index is 1.99. The molecule has 12 heteroatoms. The van der Waals surface area contributed by atoms with Gasteiger partial charge in [0.25, 0.3) is 5.56 Å². The first kappa shape index (κ1) is 24.4. The smallest absolute Gasteiger partial charge is 0.351 e. The third-order valence-corrected chi connectivity index (χ3v) is 7.01. The van der Waals surface area contributed by atoms with Crippen LogP contribution in [0.4, 0.5) is 0 Å².